The first-order valence-corrected chi connectivity index (χ1v) is 7.05. The number of rotatable bonds is 3. The lowest BCUT2D eigenvalue weighted by molar-refractivity contribution is 0.0826. The Kier molecular flexibility index (Phi) is 4.23. The lowest BCUT2D eigenvalue weighted by atomic mass is 10.2. The second-order valence-corrected chi connectivity index (χ2v) is 5.64. The molecule has 0 aliphatic rings. The van der Waals surface area contributed by atoms with Crippen molar-refractivity contribution in [1.29, 1.82) is 0 Å². The van der Waals surface area contributed by atoms with Crippen LogP contribution in [0, 0.1) is 0 Å². The van der Waals surface area contributed by atoms with Gasteiger partial charge >= 0.3 is 0 Å². The van der Waals surface area contributed by atoms with E-state index < -0.39 is 0 Å². The molecule has 0 fully saturated rings. The molecule has 0 saturated heterocycles. The second kappa shape index (κ2) is 5.92. The maximum Gasteiger partial charge on any atom is 0.274 e. The van der Waals surface area contributed by atoms with Gasteiger partial charge in [-0.3, -0.25) is 14.4 Å². The van der Waals surface area contributed by atoms with Crippen molar-refractivity contribution in [3.8, 4) is 0 Å². The average molecular weight is 305 g/mol. The molecule has 110 valence electrons. The quantitative estimate of drug-likeness (QED) is 0.931. The van der Waals surface area contributed by atoms with Crippen LogP contribution in [0.2, 0.25) is 0 Å². The smallest absolute Gasteiger partial charge is 0.274 e. The Hall–Kier alpha value is -2.41. The van der Waals surface area contributed by atoms with Crippen LogP contribution in [0.1, 0.15) is 20.0 Å². The van der Waals surface area contributed by atoms with Gasteiger partial charge in [0.15, 0.2) is 0 Å². The third-order valence-corrected chi connectivity index (χ3v) is 3.70. The molecule has 1 N–H and O–H groups in total. The Morgan fingerprint density at radius 3 is 2.62 bits per heavy atom. The standard InChI is InChI=1S/C14H15N3O3S/c1-16(2)13(19)9-7-10(14(20)17(3)8-9)15-12(18)11-5-4-6-21-11/h4-8H,1-3H3,(H,15,18). The van der Waals surface area contributed by atoms with E-state index in [0.717, 1.165) is 0 Å². The number of aryl methyl sites for hydroxylation is 1. The summed E-state index contributed by atoms with van der Waals surface area (Å²) in [6.07, 6.45) is 1.45. The van der Waals surface area contributed by atoms with E-state index in [1.807, 2.05) is 0 Å². The summed E-state index contributed by atoms with van der Waals surface area (Å²) in [5.74, 6) is -0.603. The summed E-state index contributed by atoms with van der Waals surface area (Å²) in [5.41, 5.74) is 0.0578. The lowest BCUT2D eigenvalue weighted by Crippen LogP contribution is -2.28. The van der Waals surface area contributed by atoms with Gasteiger partial charge in [0.2, 0.25) is 0 Å². The number of thiophene rings is 1. The molecule has 0 atom stereocenters. The molecule has 2 aromatic rings. The molecular weight excluding hydrogens is 290 g/mol. The number of amides is 2. The number of aromatic nitrogens is 1. The topological polar surface area (TPSA) is 71.4 Å². The summed E-state index contributed by atoms with van der Waals surface area (Å²) in [6, 6.07) is 4.82. The number of nitrogens with zero attached hydrogens (tertiary/aromatic N) is 2. The predicted octanol–water partition coefficient (Wildman–Crippen LogP) is 1.40. The van der Waals surface area contributed by atoms with Crippen LogP contribution in [0.5, 0.6) is 0 Å². The van der Waals surface area contributed by atoms with Gasteiger partial charge in [0.25, 0.3) is 17.4 Å². The van der Waals surface area contributed by atoms with E-state index in [9.17, 15) is 14.4 Å². The Balaban J connectivity index is 2.37. The van der Waals surface area contributed by atoms with Gasteiger partial charge in [0.05, 0.1) is 10.4 Å². The first-order chi connectivity index (χ1) is 9.90. The maximum absolute atomic E-state index is 12.0. The summed E-state index contributed by atoms with van der Waals surface area (Å²) in [6.45, 7) is 0. The van der Waals surface area contributed by atoms with Crippen molar-refractivity contribution in [1.82, 2.24) is 9.47 Å². The van der Waals surface area contributed by atoms with Crippen molar-refractivity contribution in [3.05, 3.63) is 50.6 Å². The average Bonchev–Trinajstić information content (AvgIpc) is 2.96. The van der Waals surface area contributed by atoms with Gasteiger partial charge in [-0.25, -0.2) is 0 Å². The number of hydrogen-bond acceptors (Lipinski definition) is 4. The zero-order valence-corrected chi connectivity index (χ0v) is 12.7. The number of anilines is 1. The number of hydrogen-bond donors (Lipinski definition) is 1. The van der Waals surface area contributed by atoms with E-state index in [0.29, 0.717) is 10.4 Å². The van der Waals surface area contributed by atoms with Crippen LogP contribution in [0.4, 0.5) is 5.69 Å². The third kappa shape index (κ3) is 3.19. The van der Waals surface area contributed by atoms with Crippen molar-refractivity contribution < 1.29 is 9.59 Å². The Labute approximate surface area is 125 Å². The van der Waals surface area contributed by atoms with Gasteiger partial charge in [-0.2, -0.15) is 0 Å². The molecule has 0 aliphatic heterocycles. The molecule has 0 unspecified atom stereocenters. The number of carbonyl (C=O) groups is 2. The van der Waals surface area contributed by atoms with Gasteiger partial charge in [-0.05, 0) is 17.5 Å². The van der Waals surface area contributed by atoms with Crippen LogP contribution >= 0.6 is 11.3 Å². The fourth-order valence-corrected chi connectivity index (χ4v) is 2.39. The number of carbonyl (C=O) groups excluding carboxylic acids is 2. The zero-order chi connectivity index (χ0) is 15.6. The van der Waals surface area contributed by atoms with Crippen LogP contribution in [0.15, 0.2) is 34.6 Å². The molecular formula is C14H15N3O3S. The highest BCUT2D eigenvalue weighted by Gasteiger charge is 2.15. The summed E-state index contributed by atoms with van der Waals surface area (Å²) >= 11 is 1.28. The maximum atomic E-state index is 12.0. The van der Waals surface area contributed by atoms with Crippen LogP contribution in [-0.4, -0.2) is 35.4 Å². The minimum absolute atomic E-state index is 0.0867. The molecule has 7 heteroatoms. The minimum Gasteiger partial charge on any atom is -0.345 e. The first-order valence-electron chi connectivity index (χ1n) is 6.17. The number of pyridine rings is 1. The Morgan fingerprint density at radius 2 is 2.05 bits per heavy atom. The molecule has 6 nitrogen and oxygen atoms in total. The molecule has 21 heavy (non-hydrogen) atoms. The molecule has 0 spiro atoms. The Bertz CT molecular complexity index is 732. The van der Waals surface area contributed by atoms with Crippen molar-refractivity contribution in [3.63, 3.8) is 0 Å². The Morgan fingerprint density at radius 1 is 1.33 bits per heavy atom. The van der Waals surface area contributed by atoms with E-state index in [1.165, 1.54) is 40.1 Å². The van der Waals surface area contributed by atoms with Gasteiger partial charge < -0.3 is 14.8 Å². The molecule has 0 bridgehead atoms. The molecule has 0 saturated carbocycles. The fourth-order valence-electron chi connectivity index (χ4n) is 1.77. The van der Waals surface area contributed by atoms with Gasteiger partial charge in [-0.15, -0.1) is 11.3 Å². The van der Waals surface area contributed by atoms with E-state index in [2.05, 4.69) is 5.32 Å². The monoisotopic (exact) mass is 305 g/mol. The van der Waals surface area contributed by atoms with Gasteiger partial charge in [0.1, 0.15) is 5.69 Å². The summed E-state index contributed by atoms with van der Waals surface area (Å²) in [7, 11) is 4.78. The number of nitrogens with one attached hydrogen (secondary N) is 1. The van der Waals surface area contributed by atoms with Crippen molar-refractivity contribution in [2.75, 3.05) is 19.4 Å². The highest BCUT2D eigenvalue weighted by molar-refractivity contribution is 7.12. The van der Waals surface area contributed by atoms with Crippen molar-refractivity contribution in [2.24, 2.45) is 7.05 Å². The second-order valence-electron chi connectivity index (χ2n) is 4.69. The van der Waals surface area contributed by atoms with E-state index in [1.54, 1.807) is 31.6 Å². The largest absolute Gasteiger partial charge is 0.345 e. The van der Waals surface area contributed by atoms with Crippen molar-refractivity contribution >= 4 is 28.8 Å². The highest BCUT2D eigenvalue weighted by atomic mass is 32.1. The summed E-state index contributed by atoms with van der Waals surface area (Å²) in [5, 5.41) is 4.33. The summed E-state index contributed by atoms with van der Waals surface area (Å²) < 4.78 is 1.28. The normalized spacial score (nSPS) is 10.2. The molecule has 0 aliphatic carbocycles. The SMILES string of the molecule is CN(C)C(=O)c1cc(NC(=O)c2cccs2)c(=O)n(C)c1. The highest BCUT2D eigenvalue weighted by Crippen LogP contribution is 2.12. The molecule has 2 rings (SSSR count). The minimum atomic E-state index is -0.366. The van der Waals surface area contributed by atoms with E-state index in [-0.39, 0.29) is 23.1 Å². The molecule has 2 heterocycles. The molecule has 0 aromatic carbocycles. The third-order valence-electron chi connectivity index (χ3n) is 2.83. The van der Waals surface area contributed by atoms with Crippen LogP contribution in [0.25, 0.3) is 0 Å². The van der Waals surface area contributed by atoms with E-state index in [4.69, 9.17) is 0 Å². The summed E-state index contributed by atoms with van der Waals surface area (Å²) in [4.78, 5) is 37.9. The fraction of sp³-hybridized carbons (Fsp3) is 0.214. The van der Waals surface area contributed by atoms with Crippen molar-refractivity contribution in [2.45, 2.75) is 0 Å². The molecule has 0 radical (unpaired) electrons. The first kappa shape index (κ1) is 15.0. The lowest BCUT2D eigenvalue weighted by Gasteiger charge is -2.13. The van der Waals surface area contributed by atoms with Crippen LogP contribution in [-0.2, 0) is 7.05 Å². The van der Waals surface area contributed by atoms with Crippen LogP contribution < -0.4 is 10.9 Å². The zero-order valence-electron chi connectivity index (χ0n) is 11.9. The molecule has 2 aromatic heterocycles. The van der Waals surface area contributed by atoms with Gasteiger partial charge in [-0.1, -0.05) is 6.07 Å². The van der Waals surface area contributed by atoms with E-state index >= 15 is 0 Å². The molecule has 2 amide bonds. The van der Waals surface area contributed by atoms with Crippen LogP contribution in [0.3, 0.4) is 0 Å². The predicted molar refractivity (Wildman–Crippen MR) is 82.0 cm³/mol. The van der Waals surface area contributed by atoms with Gasteiger partial charge in [0, 0.05) is 27.3 Å².